The Kier molecular flexibility index (Phi) is 9.03. The molecule has 148 valence electrons. The zero-order valence-corrected chi connectivity index (χ0v) is 17.3. The van der Waals surface area contributed by atoms with E-state index in [1.807, 2.05) is 12.1 Å². The Labute approximate surface area is 165 Å². The van der Waals surface area contributed by atoms with Gasteiger partial charge < -0.3 is 14.8 Å². The number of anilines is 1. The van der Waals surface area contributed by atoms with Gasteiger partial charge in [-0.2, -0.15) is 0 Å². The number of rotatable bonds is 12. The van der Waals surface area contributed by atoms with Gasteiger partial charge in [0.1, 0.15) is 17.6 Å². The largest absolute Gasteiger partial charge is 0.494 e. The fourth-order valence-corrected chi connectivity index (χ4v) is 2.90. The molecule has 3 heteroatoms. The number of para-hydroxylation sites is 1. The third-order valence-corrected chi connectivity index (χ3v) is 4.97. The van der Waals surface area contributed by atoms with Gasteiger partial charge in [-0.1, -0.05) is 52.3 Å². The van der Waals surface area contributed by atoms with Crippen LogP contribution in [0.25, 0.3) is 0 Å². The minimum atomic E-state index is 0.135. The van der Waals surface area contributed by atoms with E-state index in [1.165, 1.54) is 5.56 Å². The monoisotopic (exact) mass is 369 g/mol. The summed E-state index contributed by atoms with van der Waals surface area (Å²) in [4.78, 5) is 0. The molecule has 0 aliphatic heterocycles. The van der Waals surface area contributed by atoms with Crippen molar-refractivity contribution in [1.82, 2.24) is 0 Å². The summed E-state index contributed by atoms with van der Waals surface area (Å²) in [5, 5.41) is 3.49. The van der Waals surface area contributed by atoms with Crippen LogP contribution in [0.5, 0.6) is 11.5 Å². The summed E-state index contributed by atoms with van der Waals surface area (Å²) in [6.07, 6.45) is 4.45. The summed E-state index contributed by atoms with van der Waals surface area (Å²) in [6, 6.07) is 16.6. The second-order valence-electron chi connectivity index (χ2n) is 7.10. The number of benzene rings is 2. The zero-order chi connectivity index (χ0) is 19.5. The van der Waals surface area contributed by atoms with Crippen molar-refractivity contribution >= 4 is 5.69 Å². The molecule has 0 aromatic heterocycles. The number of nitrogens with one attached hydrogen (secondary N) is 1. The van der Waals surface area contributed by atoms with Gasteiger partial charge in [0.25, 0.3) is 0 Å². The maximum absolute atomic E-state index is 6.34. The van der Waals surface area contributed by atoms with Gasteiger partial charge in [0.15, 0.2) is 0 Å². The lowest BCUT2D eigenvalue weighted by Crippen LogP contribution is -2.26. The number of hydrogen-bond acceptors (Lipinski definition) is 3. The second-order valence-corrected chi connectivity index (χ2v) is 7.10. The normalized spacial score (nSPS) is 13.0. The average molecular weight is 370 g/mol. The maximum atomic E-state index is 6.34. The van der Waals surface area contributed by atoms with Gasteiger partial charge in [-0.25, -0.2) is 0 Å². The molecule has 2 atom stereocenters. The molecule has 0 spiro atoms. The Bertz CT molecular complexity index is 654. The van der Waals surface area contributed by atoms with Crippen LogP contribution in [0, 0.1) is 0 Å². The van der Waals surface area contributed by atoms with Crippen LogP contribution in [0.15, 0.2) is 48.5 Å². The highest BCUT2D eigenvalue weighted by Crippen LogP contribution is 2.29. The summed E-state index contributed by atoms with van der Waals surface area (Å²) in [6.45, 7) is 10.4. The van der Waals surface area contributed by atoms with Crippen molar-refractivity contribution in [3.63, 3.8) is 0 Å². The molecular formula is C24H35NO2. The van der Waals surface area contributed by atoms with E-state index >= 15 is 0 Å². The highest BCUT2D eigenvalue weighted by atomic mass is 16.5. The summed E-state index contributed by atoms with van der Waals surface area (Å²) in [7, 11) is 0. The van der Waals surface area contributed by atoms with Crippen LogP contribution in [-0.2, 0) is 0 Å². The van der Waals surface area contributed by atoms with Gasteiger partial charge in [-0.15, -0.1) is 0 Å². The number of unbranched alkanes of at least 4 members (excludes halogenated alkanes) is 1. The minimum Gasteiger partial charge on any atom is -0.494 e. The van der Waals surface area contributed by atoms with E-state index in [2.05, 4.69) is 69.4 Å². The molecule has 27 heavy (non-hydrogen) atoms. The van der Waals surface area contributed by atoms with E-state index in [9.17, 15) is 0 Å². The van der Waals surface area contributed by atoms with Crippen LogP contribution in [-0.4, -0.2) is 19.3 Å². The molecule has 1 N–H and O–H groups in total. The lowest BCUT2D eigenvalue weighted by molar-refractivity contribution is 0.207. The smallest absolute Gasteiger partial charge is 0.123 e. The predicted octanol–water partition coefficient (Wildman–Crippen LogP) is 6.65. The topological polar surface area (TPSA) is 30.5 Å². The van der Waals surface area contributed by atoms with E-state index in [0.717, 1.165) is 56.0 Å². The molecule has 0 radical (unpaired) electrons. The number of hydrogen-bond donors (Lipinski definition) is 1. The van der Waals surface area contributed by atoms with Crippen LogP contribution in [0.1, 0.15) is 64.9 Å². The third kappa shape index (κ3) is 6.82. The minimum absolute atomic E-state index is 0.135. The Balaban J connectivity index is 1.90. The van der Waals surface area contributed by atoms with E-state index < -0.39 is 0 Å². The molecule has 0 fully saturated rings. The molecule has 2 aromatic rings. The molecule has 0 aliphatic rings. The standard InChI is InChI=1S/C24H35NO2/c1-5-8-17-26-22-15-13-20(14-16-22)25-18-21(7-3)27-24-12-10-9-11-23(24)19(4)6-2/h9-16,19,21,25H,5-8,17-18H2,1-4H3/t19-,21+/m1/s1. The lowest BCUT2D eigenvalue weighted by atomic mass is 9.98. The quantitative estimate of drug-likeness (QED) is 0.425. The highest BCUT2D eigenvalue weighted by molar-refractivity contribution is 5.46. The second kappa shape index (κ2) is 11.5. The van der Waals surface area contributed by atoms with Gasteiger partial charge in [-0.3, -0.25) is 0 Å². The van der Waals surface area contributed by atoms with Gasteiger partial charge >= 0.3 is 0 Å². The lowest BCUT2D eigenvalue weighted by Gasteiger charge is -2.22. The van der Waals surface area contributed by atoms with Crippen molar-refractivity contribution in [3.05, 3.63) is 54.1 Å². The molecule has 0 bridgehead atoms. The zero-order valence-electron chi connectivity index (χ0n) is 17.3. The first-order valence-electron chi connectivity index (χ1n) is 10.4. The molecule has 0 aliphatic carbocycles. The molecular weight excluding hydrogens is 334 g/mol. The van der Waals surface area contributed by atoms with E-state index in [4.69, 9.17) is 9.47 Å². The molecule has 3 nitrogen and oxygen atoms in total. The first-order valence-corrected chi connectivity index (χ1v) is 10.4. The predicted molar refractivity (Wildman–Crippen MR) is 115 cm³/mol. The van der Waals surface area contributed by atoms with Crippen molar-refractivity contribution in [2.45, 2.75) is 65.4 Å². The fraction of sp³-hybridized carbons (Fsp3) is 0.500. The fourth-order valence-electron chi connectivity index (χ4n) is 2.90. The number of ether oxygens (including phenoxy) is 2. The van der Waals surface area contributed by atoms with Gasteiger partial charge in [0.2, 0.25) is 0 Å². The van der Waals surface area contributed by atoms with Crippen LogP contribution in [0.4, 0.5) is 5.69 Å². The highest BCUT2D eigenvalue weighted by Gasteiger charge is 2.14. The Hall–Kier alpha value is -2.16. The van der Waals surface area contributed by atoms with Crippen molar-refractivity contribution in [2.75, 3.05) is 18.5 Å². The first-order chi connectivity index (χ1) is 13.2. The molecule has 0 saturated carbocycles. The molecule has 0 saturated heterocycles. The van der Waals surface area contributed by atoms with Crippen molar-refractivity contribution in [2.24, 2.45) is 0 Å². The van der Waals surface area contributed by atoms with Gasteiger partial charge in [-0.05, 0) is 61.1 Å². The van der Waals surface area contributed by atoms with Crippen LogP contribution in [0.2, 0.25) is 0 Å². The van der Waals surface area contributed by atoms with Crippen LogP contribution < -0.4 is 14.8 Å². The Morgan fingerprint density at radius 1 is 0.926 bits per heavy atom. The third-order valence-electron chi connectivity index (χ3n) is 4.97. The summed E-state index contributed by atoms with van der Waals surface area (Å²) in [5.41, 5.74) is 2.39. The molecule has 2 rings (SSSR count). The van der Waals surface area contributed by atoms with Crippen molar-refractivity contribution < 1.29 is 9.47 Å². The van der Waals surface area contributed by atoms with Crippen LogP contribution in [0.3, 0.4) is 0 Å². The Morgan fingerprint density at radius 2 is 1.67 bits per heavy atom. The molecule has 2 aromatic carbocycles. The summed E-state index contributed by atoms with van der Waals surface area (Å²) < 4.78 is 12.1. The first kappa shape index (κ1) is 21.1. The van der Waals surface area contributed by atoms with E-state index in [0.29, 0.717) is 5.92 Å². The summed E-state index contributed by atoms with van der Waals surface area (Å²) >= 11 is 0. The molecule has 0 unspecified atom stereocenters. The van der Waals surface area contributed by atoms with Gasteiger partial charge in [0.05, 0.1) is 13.2 Å². The van der Waals surface area contributed by atoms with Crippen molar-refractivity contribution in [1.29, 1.82) is 0 Å². The average Bonchev–Trinajstić information content (AvgIpc) is 2.72. The molecule has 0 amide bonds. The molecule has 0 heterocycles. The van der Waals surface area contributed by atoms with Crippen LogP contribution >= 0.6 is 0 Å². The summed E-state index contributed by atoms with van der Waals surface area (Å²) in [5.74, 6) is 2.45. The maximum Gasteiger partial charge on any atom is 0.123 e. The van der Waals surface area contributed by atoms with E-state index in [1.54, 1.807) is 0 Å². The SMILES string of the molecule is CCCCOc1ccc(NC[C@H](CC)Oc2ccccc2[C@H](C)CC)cc1. The van der Waals surface area contributed by atoms with Crippen molar-refractivity contribution in [3.8, 4) is 11.5 Å². The van der Waals surface area contributed by atoms with E-state index in [-0.39, 0.29) is 6.10 Å². The van der Waals surface area contributed by atoms with Gasteiger partial charge in [0, 0.05) is 5.69 Å². The Morgan fingerprint density at radius 3 is 2.33 bits per heavy atom.